The van der Waals surface area contributed by atoms with Gasteiger partial charge in [-0.1, -0.05) is 38.2 Å². The first kappa shape index (κ1) is 22.7. The van der Waals surface area contributed by atoms with Crippen molar-refractivity contribution in [3.63, 3.8) is 0 Å². The van der Waals surface area contributed by atoms with Crippen LogP contribution < -0.4 is 0 Å². The van der Waals surface area contributed by atoms with Crippen molar-refractivity contribution in [3.8, 4) is 0 Å². The Balaban J connectivity index is 4.20. The van der Waals surface area contributed by atoms with Crippen molar-refractivity contribution in [2.75, 3.05) is 45.9 Å². The summed E-state index contributed by atoms with van der Waals surface area (Å²) in [6.07, 6.45) is 17.5. The van der Waals surface area contributed by atoms with Crippen LogP contribution in [0, 0.1) is 0 Å². The summed E-state index contributed by atoms with van der Waals surface area (Å²) in [5.74, 6) is 1.04. The van der Waals surface area contributed by atoms with E-state index in [0.717, 1.165) is 51.2 Å². The Morgan fingerprint density at radius 2 is 1.35 bits per heavy atom. The molecule has 0 spiro atoms. The van der Waals surface area contributed by atoms with Gasteiger partial charge in [-0.3, -0.25) is 8.37 Å². The highest BCUT2D eigenvalue weighted by Gasteiger charge is 2.14. The van der Waals surface area contributed by atoms with Crippen LogP contribution in [0.2, 0.25) is 0 Å². The molecule has 0 fully saturated rings. The number of nitrogens with zero attached hydrogens (tertiary/aromatic N) is 1. The zero-order valence-electron chi connectivity index (χ0n) is 16.1. The lowest BCUT2D eigenvalue weighted by molar-refractivity contribution is 0.264. The van der Waals surface area contributed by atoms with Crippen LogP contribution in [-0.2, 0) is 8.37 Å². The lowest BCUT2D eigenvalue weighted by atomic mass is 10.3. The molecular formula is C19H39NO2S. The molecule has 138 valence electrons. The first-order valence-electron chi connectivity index (χ1n) is 9.03. The molecule has 23 heavy (non-hydrogen) atoms. The molecule has 0 radical (unpaired) electrons. The molecule has 0 amide bonds. The average molecular weight is 346 g/mol. The molecule has 0 unspecified atom stereocenters. The summed E-state index contributed by atoms with van der Waals surface area (Å²) in [4.78, 5) is 2.24. The molecule has 0 aromatic rings. The van der Waals surface area contributed by atoms with E-state index in [1.165, 1.54) is 12.8 Å². The summed E-state index contributed by atoms with van der Waals surface area (Å²) >= 11 is 0. The fourth-order valence-corrected chi connectivity index (χ4v) is 4.03. The van der Waals surface area contributed by atoms with Gasteiger partial charge < -0.3 is 4.90 Å². The van der Waals surface area contributed by atoms with Gasteiger partial charge in [0.05, 0.1) is 13.2 Å². The summed E-state index contributed by atoms with van der Waals surface area (Å²) in [5.41, 5.74) is 0. The minimum Gasteiger partial charge on any atom is -0.309 e. The summed E-state index contributed by atoms with van der Waals surface area (Å²) in [6.45, 7) is 6.98. The zero-order chi connectivity index (χ0) is 17.4. The van der Waals surface area contributed by atoms with Crippen LogP contribution in [0.5, 0.6) is 0 Å². The maximum atomic E-state index is 6.16. The molecule has 0 rings (SSSR count). The maximum absolute atomic E-state index is 6.16. The molecular weight excluding hydrogens is 306 g/mol. The first-order valence-corrected chi connectivity index (χ1v) is 11.1. The lowest BCUT2D eigenvalue weighted by Gasteiger charge is -2.39. The quantitative estimate of drug-likeness (QED) is 0.295. The van der Waals surface area contributed by atoms with Gasteiger partial charge in [0.1, 0.15) is 0 Å². The van der Waals surface area contributed by atoms with Gasteiger partial charge in [-0.15, -0.1) is 0 Å². The second kappa shape index (κ2) is 15.3. The van der Waals surface area contributed by atoms with E-state index in [2.05, 4.69) is 63.4 Å². The van der Waals surface area contributed by atoms with Gasteiger partial charge in [-0.05, 0) is 59.2 Å². The molecule has 0 aliphatic carbocycles. The van der Waals surface area contributed by atoms with Crippen molar-refractivity contribution < 1.29 is 8.37 Å². The molecule has 0 aromatic carbocycles. The predicted molar refractivity (Wildman–Crippen MR) is 106 cm³/mol. The summed E-state index contributed by atoms with van der Waals surface area (Å²) in [7, 11) is 2.85. The van der Waals surface area contributed by atoms with E-state index >= 15 is 0 Å². The molecule has 0 bridgehead atoms. The predicted octanol–water partition coefficient (Wildman–Crippen LogP) is 5.34. The molecule has 0 N–H and O–H groups in total. The standard InChI is InChI=1S/C19H39NO2S/c1-6-8-10-13-17-21-23(5,19-15-12-16-20(3)4)22-18-14-11-9-7-2/h8-11H,6-7,12-19H2,1-5H3/b10-8-,11-9-. The Morgan fingerprint density at radius 1 is 0.826 bits per heavy atom. The van der Waals surface area contributed by atoms with E-state index in [-0.39, 0.29) is 0 Å². The lowest BCUT2D eigenvalue weighted by Crippen LogP contribution is -2.16. The Bertz CT molecular complexity index is 296. The van der Waals surface area contributed by atoms with Crippen LogP contribution in [0.1, 0.15) is 52.4 Å². The van der Waals surface area contributed by atoms with Gasteiger partial charge in [0.15, 0.2) is 0 Å². The van der Waals surface area contributed by atoms with E-state index in [0.29, 0.717) is 0 Å². The van der Waals surface area contributed by atoms with Crippen molar-refractivity contribution in [3.05, 3.63) is 24.3 Å². The van der Waals surface area contributed by atoms with Crippen molar-refractivity contribution in [1.82, 2.24) is 4.90 Å². The third-order valence-corrected chi connectivity index (χ3v) is 5.77. The van der Waals surface area contributed by atoms with E-state index in [4.69, 9.17) is 8.37 Å². The van der Waals surface area contributed by atoms with E-state index in [1.807, 2.05) is 0 Å². The van der Waals surface area contributed by atoms with Crippen molar-refractivity contribution in [2.24, 2.45) is 0 Å². The van der Waals surface area contributed by atoms with Gasteiger partial charge in [-0.2, -0.15) is 10.6 Å². The van der Waals surface area contributed by atoms with Crippen LogP contribution in [0.3, 0.4) is 0 Å². The van der Waals surface area contributed by atoms with E-state index < -0.39 is 10.6 Å². The molecule has 0 atom stereocenters. The number of hydrogen-bond acceptors (Lipinski definition) is 3. The van der Waals surface area contributed by atoms with Crippen LogP contribution >= 0.6 is 10.6 Å². The third-order valence-electron chi connectivity index (χ3n) is 3.41. The maximum Gasteiger partial charge on any atom is 0.0748 e. The molecule has 0 heterocycles. The zero-order valence-corrected chi connectivity index (χ0v) is 16.9. The minimum absolute atomic E-state index is 0.765. The Kier molecular flexibility index (Phi) is 15.1. The van der Waals surface area contributed by atoms with Gasteiger partial charge in [0.2, 0.25) is 0 Å². The normalized spacial score (nSPS) is 13.7. The Morgan fingerprint density at radius 3 is 1.78 bits per heavy atom. The monoisotopic (exact) mass is 345 g/mol. The second-order valence-electron chi connectivity index (χ2n) is 6.12. The Hall–Kier alpha value is -0.290. The van der Waals surface area contributed by atoms with Crippen LogP contribution in [0.25, 0.3) is 0 Å². The van der Waals surface area contributed by atoms with Crippen molar-refractivity contribution >= 4 is 10.6 Å². The molecule has 0 aliphatic heterocycles. The highest BCUT2D eigenvalue weighted by Crippen LogP contribution is 2.47. The number of unbranched alkanes of at least 4 members (excludes halogenated alkanes) is 1. The van der Waals surface area contributed by atoms with Gasteiger partial charge in [-0.25, -0.2) is 0 Å². The van der Waals surface area contributed by atoms with E-state index in [1.54, 1.807) is 0 Å². The largest absolute Gasteiger partial charge is 0.309 e. The fourth-order valence-electron chi connectivity index (χ4n) is 2.10. The van der Waals surface area contributed by atoms with Crippen molar-refractivity contribution in [1.29, 1.82) is 0 Å². The van der Waals surface area contributed by atoms with Crippen molar-refractivity contribution in [2.45, 2.75) is 52.4 Å². The fraction of sp³-hybridized carbons (Fsp3) is 0.789. The Labute approximate surface area is 146 Å². The molecule has 0 saturated heterocycles. The number of hydrogen-bond donors (Lipinski definition) is 0. The minimum atomic E-state index is -1.40. The number of rotatable bonds is 15. The van der Waals surface area contributed by atoms with Gasteiger partial charge >= 0.3 is 0 Å². The average Bonchev–Trinajstić information content (AvgIpc) is 2.51. The topological polar surface area (TPSA) is 21.7 Å². The second-order valence-corrected chi connectivity index (χ2v) is 8.85. The van der Waals surface area contributed by atoms with Crippen LogP contribution in [0.15, 0.2) is 24.3 Å². The summed E-state index contributed by atoms with van der Waals surface area (Å²) in [5, 5.41) is 0. The van der Waals surface area contributed by atoms with Crippen LogP contribution in [0.4, 0.5) is 0 Å². The third kappa shape index (κ3) is 15.0. The number of allylic oxidation sites excluding steroid dienone is 2. The highest BCUT2D eigenvalue weighted by molar-refractivity contribution is 8.25. The van der Waals surface area contributed by atoms with E-state index in [9.17, 15) is 0 Å². The molecule has 0 aromatic heterocycles. The molecule has 4 heteroatoms. The van der Waals surface area contributed by atoms with Gasteiger partial charge in [0, 0.05) is 12.0 Å². The SMILES string of the molecule is CC/C=C\CCOS(C)(CCCCN(C)C)OCC/C=C\CC. The highest BCUT2D eigenvalue weighted by atomic mass is 32.3. The van der Waals surface area contributed by atoms with Gasteiger partial charge in [0.25, 0.3) is 0 Å². The molecule has 0 saturated carbocycles. The first-order chi connectivity index (χ1) is 11.0. The summed E-state index contributed by atoms with van der Waals surface area (Å²) < 4.78 is 12.3. The van der Waals surface area contributed by atoms with Crippen LogP contribution in [-0.4, -0.2) is 50.8 Å². The molecule has 0 aliphatic rings. The summed E-state index contributed by atoms with van der Waals surface area (Å²) in [6, 6.07) is 0. The smallest absolute Gasteiger partial charge is 0.0748 e. The molecule has 3 nitrogen and oxygen atoms in total.